The second-order valence-electron chi connectivity index (χ2n) is 3.59. The van der Waals surface area contributed by atoms with Crippen molar-refractivity contribution < 1.29 is 13.2 Å². The summed E-state index contributed by atoms with van der Waals surface area (Å²) in [6.07, 6.45) is -4.54. The van der Waals surface area contributed by atoms with Gasteiger partial charge in [0.2, 0.25) is 0 Å². The van der Waals surface area contributed by atoms with Crippen molar-refractivity contribution >= 4 is 11.0 Å². The number of aromatic nitrogens is 3. The molecule has 2 rings (SSSR count). The monoisotopic (exact) mass is 243 g/mol. The summed E-state index contributed by atoms with van der Waals surface area (Å²) in [7, 11) is 1.50. The predicted molar refractivity (Wildman–Crippen MR) is 54.5 cm³/mol. The van der Waals surface area contributed by atoms with Crippen molar-refractivity contribution in [3.8, 4) is 0 Å². The molecular formula is C10H8F3N3O. The van der Waals surface area contributed by atoms with Crippen LogP contribution < -0.4 is 5.56 Å². The smallest absolute Gasteiger partial charge is 0.299 e. The van der Waals surface area contributed by atoms with E-state index < -0.39 is 17.4 Å². The van der Waals surface area contributed by atoms with Crippen LogP contribution in [0.1, 0.15) is 11.5 Å². The zero-order valence-electron chi connectivity index (χ0n) is 9.04. The van der Waals surface area contributed by atoms with Crippen molar-refractivity contribution in [3.63, 3.8) is 0 Å². The van der Waals surface area contributed by atoms with Crippen LogP contribution >= 0.6 is 0 Å². The molecule has 2 aromatic rings. The van der Waals surface area contributed by atoms with E-state index in [2.05, 4.69) is 9.97 Å². The molecule has 0 fully saturated rings. The molecule has 0 aliphatic rings. The van der Waals surface area contributed by atoms with E-state index in [9.17, 15) is 18.0 Å². The van der Waals surface area contributed by atoms with Crippen LogP contribution in [0.2, 0.25) is 0 Å². The number of hydrogen-bond acceptors (Lipinski definition) is 3. The molecule has 0 radical (unpaired) electrons. The summed E-state index contributed by atoms with van der Waals surface area (Å²) in [5.74, 6) is 0.314. The lowest BCUT2D eigenvalue weighted by Gasteiger charge is -2.08. The average Bonchev–Trinajstić information content (AvgIpc) is 2.24. The number of nitrogens with zero attached hydrogens (tertiary/aromatic N) is 3. The van der Waals surface area contributed by atoms with Crippen LogP contribution in [0.25, 0.3) is 11.0 Å². The first-order chi connectivity index (χ1) is 7.80. The highest BCUT2D eigenvalue weighted by Gasteiger charge is 2.32. The maximum atomic E-state index is 12.4. The van der Waals surface area contributed by atoms with Crippen LogP contribution in [0.5, 0.6) is 0 Å². The summed E-state index contributed by atoms with van der Waals surface area (Å²) in [6, 6.07) is 1.88. The van der Waals surface area contributed by atoms with Crippen molar-refractivity contribution in [2.75, 3.05) is 0 Å². The van der Waals surface area contributed by atoms with E-state index in [0.717, 1.165) is 12.1 Å². The number of rotatable bonds is 0. The Kier molecular flexibility index (Phi) is 2.41. The molecule has 0 aliphatic heterocycles. The Bertz CT molecular complexity index is 646. The fourth-order valence-corrected chi connectivity index (χ4v) is 1.41. The molecule has 0 saturated heterocycles. The molecule has 7 heteroatoms. The molecular weight excluding hydrogens is 235 g/mol. The number of alkyl halides is 3. The lowest BCUT2D eigenvalue weighted by atomic mass is 10.2. The highest BCUT2D eigenvalue weighted by molar-refractivity contribution is 5.73. The number of aryl methyl sites for hydroxylation is 1. The number of fused-ring (bicyclic) bond motifs is 1. The highest BCUT2D eigenvalue weighted by atomic mass is 19.4. The van der Waals surface area contributed by atoms with Crippen LogP contribution in [-0.4, -0.2) is 14.5 Å². The van der Waals surface area contributed by atoms with Gasteiger partial charge in [-0.3, -0.25) is 9.36 Å². The zero-order chi connectivity index (χ0) is 12.8. The normalized spacial score (nSPS) is 12.1. The van der Waals surface area contributed by atoms with Gasteiger partial charge in [0.05, 0.1) is 5.39 Å². The van der Waals surface area contributed by atoms with E-state index in [4.69, 9.17) is 0 Å². The molecule has 0 amide bonds. The lowest BCUT2D eigenvalue weighted by molar-refractivity contribution is -0.141. The third-order valence-corrected chi connectivity index (χ3v) is 2.45. The Balaban J connectivity index is 2.81. The van der Waals surface area contributed by atoms with Gasteiger partial charge in [-0.15, -0.1) is 0 Å². The molecule has 0 saturated carbocycles. The molecule has 4 nitrogen and oxygen atoms in total. The molecule has 17 heavy (non-hydrogen) atoms. The summed E-state index contributed by atoms with van der Waals surface area (Å²) < 4.78 is 38.5. The van der Waals surface area contributed by atoms with Gasteiger partial charge in [0.1, 0.15) is 11.5 Å². The maximum absolute atomic E-state index is 12.4. The zero-order valence-corrected chi connectivity index (χ0v) is 9.04. The third kappa shape index (κ3) is 1.88. The lowest BCUT2D eigenvalue weighted by Crippen LogP contribution is -2.21. The van der Waals surface area contributed by atoms with Gasteiger partial charge in [-0.2, -0.15) is 13.2 Å². The first kappa shape index (κ1) is 11.6. The molecule has 0 bridgehead atoms. The van der Waals surface area contributed by atoms with Gasteiger partial charge in [-0.1, -0.05) is 0 Å². The minimum absolute atomic E-state index is 0.0751. The molecule has 0 atom stereocenters. The topological polar surface area (TPSA) is 47.8 Å². The van der Waals surface area contributed by atoms with Gasteiger partial charge in [-0.25, -0.2) is 9.97 Å². The van der Waals surface area contributed by atoms with E-state index in [1.165, 1.54) is 18.5 Å². The van der Waals surface area contributed by atoms with Gasteiger partial charge in [0.25, 0.3) is 5.56 Å². The predicted octanol–water partition coefficient (Wildman–Crippen LogP) is 1.66. The standard InChI is InChI=1S/C10H8F3N3O/c1-5-14-8-6(9(17)16(5)2)3-4-7(15-8)10(11,12)13/h3-4H,1-2H3. The Morgan fingerprint density at radius 2 is 1.88 bits per heavy atom. The average molecular weight is 243 g/mol. The van der Waals surface area contributed by atoms with E-state index in [1.54, 1.807) is 0 Å². The molecule has 2 aromatic heterocycles. The molecule has 0 aromatic carbocycles. The Morgan fingerprint density at radius 1 is 1.24 bits per heavy atom. The van der Waals surface area contributed by atoms with Crippen LogP contribution in [0.3, 0.4) is 0 Å². The molecule has 0 spiro atoms. The Hall–Kier alpha value is -1.92. The van der Waals surface area contributed by atoms with E-state index in [0.29, 0.717) is 5.82 Å². The minimum atomic E-state index is -4.54. The summed E-state index contributed by atoms with van der Waals surface area (Å²) in [5, 5.41) is 0.0751. The van der Waals surface area contributed by atoms with Crippen LogP contribution in [0, 0.1) is 6.92 Å². The first-order valence-corrected chi connectivity index (χ1v) is 4.72. The summed E-state index contributed by atoms with van der Waals surface area (Å²) in [6.45, 7) is 1.53. The Morgan fingerprint density at radius 3 is 2.47 bits per heavy atom. The van der Waals surface area contributed by atoms with E-state index in [-0.39, 0.29) is 11.0 Å². The maximum Gasteiger partial charge on any atom is 0.433 e. The van der Waals surface area contributed by atoms with Gasteiger partial charge in [0, 0.05) is 7.05 Å². The van der Waals surface area contributed by atoms with Crippen LogP contribution in [0.4, 0.5) is 13.2 Å². The second-order valence-corrected chi connectivity index (χ2v) is 3.59. The number of hydrogen-bond donors (Lipinski definition) is 0. The summed E-state index contributed by atoms with van der Waals surface area (Å²) >= 11 is 0. The van der Waals surface area contributed by atoms with Crippen molar-refractivity contribution in [3.05, 3.63) is 34.0 Å². The molecule has 0 unspecified atom stereocenters. The molecule has 90 valence electrons. The number of pyridine rings is 1. The van der Waals surface area contributed by atoms with E-state index >= 15 is 0 Å². The van der Waals surface area contributed by atoms with Crippen molar-refractivity contribution in [1.29, 1.82) is 0 Å². The molecule has 0 N–H and O–H groups in total. The van der Waals surface area contributed by atoms with Gasteiger partial charge in [-0.05, 0) is 19.1 Å². The third-order valence-electron chi connectivity index (χ3n) is 2.45. The molecule has 2 heterocycles. The highest BCUT2D eigenvalue weighted by Crippen LogP contribution is 2.28. The summed E-state index contributed by atoms with van der Waals surface area (Å²) in [4.78, 5) is 18.9. The fourth-order valence-electron chi connectivity index (χ4n) is 1.41. The van der Waals surface area contributed by atoms with Gasteiger partial charge >= 0.3 is 6.18 Å². The van der Waals surface area contributed by atoms with Crippen LogP contribution in [-0.2, 0) is 13.2 Å². The Labute approximate surface area is 93.7 Å². The van der Waals surface area contributed by atoms with Gasteiger partial charge < -0.3 is 0 Å². The number of halogens is 3. The summed E-state index contributed by atoms with van der Waals surface area (Å²) in [5.41, 5.74) is -1.64. The van der Waals surface area contributed by atoms with Crippen LogP contribution in [0.15, 0.2) is 16.9 Å². The SMILES string of the molecule is Cc1nc2nc(C(F)(F)F)ccc2c(=O)n1C. The largest absolute Gasteiger partial charge is 0.433 e. The minimum Gasteiger partial charge on any atom is -0.299 e. The van der Waals surface area contributed by atoms with Crippen molar-refractivity contribution in [2.45, 2.75) is 13.1 Å². The fraction of sp³-hybridized carbons (Fsp3) is 0.300. The molecule has 0 aliphatic carbocycles. The van der Waals surface area contributed by atoms with Crippen molar-refractivity contribution in [2.24, 2.45) is 7.05 Å². The second kappa shape index (κ2) is 3.54. The van der Waals surface area contributed by atoms with E-state index in [1.807, 2.05) is 0 Å². The quantitative estimate of drug-likeness (QED) is 0.707. The van der Waals surface area contributed by atoms with Gasteiger partial charge in [0.15, 0.2) is 5.65 Å². The van der Waals surface area contributed by atoms with Crippen molar-refractivity contribution in [1.82, 2.24) is 14.5 Å². The first-order valence-electron chi connectivity index (χ1n) is 4.72.